The zero-order valence-electron chi connectivity index (χ0n) is 21.0. The molecule has 2 atom stereocenters. The SMILES string of the molecule is C=C(/C=C(\OC)C(C(=O)CC(CCCC)C(=C)N/C=C(\C)C(=O)CC1CC1)C(C)C)OC. The lowest BCUT2D eigenvalue weighted by Gasteiger charge is -2.26. The van der Waals surface area contributed by atoms with Gasteiger partial charge in [0.2, 0.25) is 0 Å². The van der Waals surface area contributed by atoms with E-state index in [4.69, 9.17) is 9.47 Å². The summed E-state index contributed by atoms with van der Waals surface area (Å²) >= 11 is 0. The first-order valence-electron chi connectivity index (χ1n) is 11.8. The molecule has 5 nitrogen and oxygen atoms in total. The van der Waals surface area contributed by atoms with E-state index in [0.717, 1.165) is 37.8 Å². The number of nitrogens with one attached hydrogen (secondary N) is 1. The smallest absolute Gasteiger partial charge is 0.160 e. The Kier molecular flexibility index (Phi) is 12.1. The quantitative estimate of drug-likeness (QED) is 0.167. The Bertz CT molecular complexity index is 728. The fraction of sp³-hybridized carbons (Fsp3) is 0.630. The van der Waals surface area contributed by atoms with E-state index >= 15 is 0 Å². The molecule has 2 unspecified atom stereocenters. The molecule has 0 aliphatic heterocycles. The second-order valence-electron chi connectivity index (χ2n) is 9.22. The van der Waals surface area contributed by atoms with Crippen LogP contribution in [-0.2, 0) is 19.1 Å². The van der Waals surface area contributed by atoms with Gasteiger partial charge in [0.05, 0.1) is 20.1 Å². The maximum absolute atomic E-state index is 13.4. The van der Waals surface area contributed by atoms with Gasteiger partial charge in [-0.2, -0.15) is 0 Å². The number of rotatable bonds is 17. The van der Waals surface area contributed by atoms with Crippen LogP contribution in [0.2, 0.25) is 0 Å². The molecule has 0 aromatic rings. The first kappa shape index (κ1) is 27.7. The first-order chi connectivity index (χ1) is 15.1. The molecular weight excluding hydrogens is 402 g/mol. The number of carbonyl (C=O) groups is 2. The number of ketones is 2. The summed E-state index contributed by atoms with van der Waals surface area (Å²) in [6.45, 7) is 16.0. The molecule has 0 aromatic heterocycles. The predicted molar refractivity (Wildman–Crippen MR) is 131 cm³/mol. The lowest BCUT2D eigenvalue weighted by atomic mass is 9.83. The van der Waals surface area contributed by atoms with E-state index in [0.29, 0.717) is 35.9 Å². The van der Waals surface area contributed by atoms with Crippen LogP contribution >= 0.6 is 0 Å². The van der Waals surface area contributed by atoms with Crippen LogP contribution in [0.5, 0.6) is 0 Å². The van der Waals surface area contributed by atoms with Crippen molar-refractivity contribution in [3.63, 3.8) is 0 Å². The Balaban J connectivity index is 2.92. The van der Waals surface area contributed by atoms with Crippen molar-refractivity contribution in [2.45, 2.75) is 72.6 Å². The van der Waals surface area contributed by atoms with Gasteiger partial charge in [0.25, 0.3) is 0 Å². The lowest BCUT2D eigenvalue weighted by molar-refractivity contribution is -0.124. The molecule has 0 spiro atoms. The van der Waals surface area contributed by atoms with E-state index in [-0.39, 0.29) is 29.3 Å². The number of methoxy groups -OCH3 is 2. The van der Waals surface area contributed by atoms with E-state index in [1.807, 2.05) is 20.8 Å². The minimum absolute atomic E-state index is 0.0185. The molecule has 1 N–H and O–H groups in total. The van der Waals surface area contributed by atoms with Crippen molar-refractivity contribution in [3.8, 4) is 0 Å². The molecule has 5 heteroatoms. The minimum atomic E-state index is -0.388. The van der Waals surface area contributed by atoms with Crippen LogP contribution in [0.3, 0.4) is 0 Å². The molecule has 1 saturated carbocycles. The van der Waals surface area contributed by atoms with Gasteiger partial charge in [0.1, 0.15) is 17.3 Å². The van der Waals surface area contributed by atoms with Crippen molar-refractivity contribution in [2.75, 3.05) is 14.2 Å². The maximum Gasteiger partial charge on any atom is 0.160 e. The van der Waals surface area contributed by atoms with Crippen LogP contribution in [0.25, 0.3) is 0 Å². The van der Waals surface area contributed by atoms with Gasteiger partial charge in [-0.3, -0.25) is 9.59 Å². The van der Waals surface area contributed by atoms with Gasteiger partial charge in [0, 0.05) is 42.3 Å². The number of carbonyl (C=O) groups excluding carboxylic acids is 2. The molecule has 1 rings (SSSR count). The summed E-state index contributed by atoms with van der Waals surface area (Å²) in [5, 5.41) is 3.21. The molecule has 1 fully saturated rings. The molecule has 0 saturated heterocycles. The van der Waals surface area contributed by atoms with Crippen LogP contribution in [0.4, 0.5) is 0 Å². The number of hydrogen-bond donors (Lipinski definition) is 1. The van der Waals surface area contributed by atoms with Crippen molar-refractivity contribution >= 4 is 11.6 Å². The van der Waals surface area contributed by atoms with Crippen molar-refractivity contribution in [1.29, 1.82) is 0 Å². The Labute approximate surface area is 195 Å². The van der Waals surface area contributed by atoms with Crippen LogP contribution in [0.15, 0.2) is 48.2 Å². The predicted octanol–water partition coefficient (Wildman–Crippen LogP) is 6.09. The molecular formula is C27H43NO4. The number of allylic oxidation sites excluding steroid dienone is 4. The van der Waals surface area contributed by atoms with Crippen LogP contribution in [-0.4, -0.2) is 25.8 Å². The highest BCUT2D eigenvalue weighted by atomic mass is 16.5. The third kappa shape index (κ3) is 9.46. The minimum Gasteiger partial charge on any atom is -0.500 e. The van der Waals surface area contributed by atoms with Crippen molar-refractivity contribution < 1.29 is 19.1 Å². The summed E-state index contributed by atoms with van der Waals surface area (Å²) in [5.41, 5.74) is 1.48. The fourth-order valence-electron chi connectivity index (χ4n) is 3.72. The number of hydrogen-bond acceptors (Lipinski definition) is 5. The number of ether oxygens (including phenoxy) is 2. The normalized spacial score (nSPS) is 16.3. The Morgan fingerprint density at radius 2 is 1.81 bits per heavy atom. The van der Waals surface area contributed by atoms with E-state index in [2.05, 4.69) is 25.4 Å². The average Bonchev–Trinajstić information content (AvgIpc) is 3.57. The van der Waals surface area contributed by atoms with Crippen molar-refractivity contribution in [2.24, 2.45) is 23.7 Å². The average molecular weight is 446 g/mol. The third-order valence-electron chi connectivity index (χ3n) is 6.05. The van der Waals surface area contributed by atoms with Crippen molar-refractivity contribution in [1.82, 2.24) is 5.32 Å². The van der Waals surface area contributed by atoms with E-state index < -0.39 is 0 Å². The monoisotopic (exact) mass is 445 g/mol. The Hall–Kier alpha value is -2.30. The van der Waals surface area contributed by atoms with Crippen LogP contribution < -0.4 is 5.32 Å². The summed E-state index contributed by atoms with van der Waals surface area (Å²) < 4.78 is 10.7. The van der Waals surface area contributed by atoms with Gasteiger partial charge in [-0.25, -0.2) is 0 Å². The lowest BCUT2D eigenvalue weighted by Crippen LogP contribution is -2.28. The van der Waals surface area contributed by atoms with Gasteiger partial charge in [-0.1, -0.05) is 46.8 Å². The molecule has 0 heterocycles. The van der Waals surface area contributed by atoms with Gasteiger partial charge in [0.15, 0.2) is 5.78 Å². The highest BCUT2D eigenvalue weighted by Crippen LogP contribution is 2.33. The van der Waals surface area contributed by atoms with Gasteiger partial charge < -0.3 is 14.8 Å². The van der Waals surface area contributed by atoms with Crippen LogP contribution in [0, 0.1) is 23.7 Å². The third-order valence-corrected chi connectivity index (χ3v) is 6.05. The zero-order valence-corrected chi connectivity index (χ0v) is 21.0. The second-order valence-corrected chi connectivity index (χ2v) is 9.22. The largest absolute Gasteiger partial charge is 0.500 e. The Morgan fingerprint density at radius 3 is 2.31 bits per heavy atom. The number of Topliss-reactive ketones (excluding diaryl/α,β-unsaturated/α-hetero) is 2. The van der Waals surface area contributed by atoms with Gasteiger partial charge in [-0.05, 0) is 38.0 Å². The van der Waals surface area contributed by atoms with E-state index in [1.54, 1.807) is 26.5 Å². The van der Waals surface area contributed by atoms with Crippen molar-refractivity contribution in [3.05, 3.63) is 48.2 Å². The first-order valence-corrected chi connectivity index (χ1v) is 11.8. The van der Waals surface area contributed by atoms with E-state index in [9.17, 15) is 9.59 Å². The molecule has 0 amide bonds. The molecule has 0 bridgehead atoms. The maximum atomic E-state index is 13.4. The van der Waals surface area contributed by atoms with Gasteiger partial charge in [-0.15, -0.1) is 0 Å². The standard InChI is InChI=1S/C27H43NO4/c1-9-10-11-23(21(6)28-17-19(4)24(29)15-22-12-13-22)16-25(30)27(18(2)3)26(32-8)14-20(5)31-7/h14,17-18,22-23,27-28H,5-6,9-13,15-16H2,1-4,7-8H3/b19-17+,26-14-. The summed E-state index contributed by atoms with van der Waals surface area (Å²) in [4.78, 5) is 25.7. The van der Waals surface area contributed by atoms with Gasteiger partial charge >= 0.3 is 0 Å². The highest BCUT2D eigenvalue weighted by Gasteiger charge is 2.30. The number of unbranched alkanes of at least 4 members (excludes halogenated alkanes) is 1. The molecule has 32 heavy (non-hydrogen) atoms. The molecule has 1 aliphatic rings. The Morgan fingerprint density at radius 1 is 1.16 bits per heavy atom. The molecule has 1 aliphatic carbocycles. The molecule has 180 valence electrons. The summed E-state index contributed by atoms with van der Waals surface area (Å²) in [6, 6.07) is 0. The molecule has 0 aromatic carbocycles. The molecule has 0 radical (unpaired) electrons. The zero-order chi connectivity index (χ0) is 24.3. The summed E-state index contributed by atoms with van der Waals surface area (Å²) in [6.07, 6.45) is 9.65. The second kappa shape index (κ2) is 14.0. The highest BCUT2D eigenvalue weighted by molar-refractivity contribution is 5.95. The topological polar surface area (TPSA) is 64.6 Å². The summed E-state index contributed by atoms with van der Waals surface area (Å²) in [7, 11) is 3.11. The van der Waals surface area contributed by atoms with E-state index in [1.165, 1.54) is 0 Å². The van der Waals surface area contributed by atoms with Crippen LogP contribution in [0.1, 0.15) is 72.6 Å². The summed E-state index contributed by atoms with van der Waals surface area (Å²) in [5.74, 6) is 1.52. The fourth-order valence-corrected chi connectivity index (χ4v) is 3.72.